The van der Waals surface area contributed by atoms with Crippen LogP contribution in [0.3, 0.4) is 0 Å². The Hall–Kier alpha value is -0.750. The van der Waals surface area contributed by atoms with E-state index in [-0.39, 0.29) is 5.50 Å². The lowest BCUT2D eigenvalue weighted by Crippen LogP contribution is -2.49. The quantitative estimate of drug-likeness (QED) is 0.704. The highest BCUT2D eigenvalue weighted by Crippen LogP contribution is 2.18. The summed E-state index contributed by atoms with van der Waals surface area (Å²) >= 11 is 1.60. The molecule has 0 aliphatic carbocycles. The van der Waals surface area contributed by atoms with E-state index in [9.17, 15) is 0 Å². The molecule has 1 aliphatic heterocycles. The number of amidine groups is 1. The van der Waals surface area contributed by atoms with Crippen LogP contribution in [0.5, 0.6) is 0 Å². The van der Waals surface area contributed by atoms with Crippen molar-refractivity contribution >= 4 is 23.6 Å². The fourth-order valence-corrected chi connectivity index (χ4v) is 1.85. The van der Waals surface area contributed by atoms with E-state index in [1.54, 1.807) is 16.8 Å². The van der Waals surface area contributed by atoms with Gasteiger partial charge in [0.2, 0.25) is 5.96 Å². The predicted molar refractivity (Wildman–Crippen MR) is 66.7 cm³/mol. The van der Waals surface area contributed by atoms with E-state index >= 15 is 0 Å². The molecule has 1 aliphatic rings. The Morgan fingerprint density at radius 2 is 2.27 bits per heavy atom. The molecule has 0 radical (unpaired) electrons. The van der Waals surface area contributed by atoms with Gasteiger partial charge in [-0.05, 0) is 13.2 Å². The highest BCUT2D eigenvalue weighted by molar-refractivity contribution is 7.99. The number of rotatable bonds is 3. The molecule has 86 valence electrons. The number of nitrogens with two attached hydrogens (primary N) is 1. The summed E-state index contributed by atoms with van der Waals surface area (Å²) in [6.45, 7) is 6.99. The summed E-state index contributed by atoms with van der Waals surface area (Å²) in [5, 5.41) is 4.76. The van der Waals surface area contributed by atoms with Gasteiger partial charge < -0.3 is 5.32 Å². The van der Waals surface area contributed by atoms with E-state index in [1.807, 2.05) is 13.2 Å². The Bertz CT molecular complexity index is 274. The lowest BCUT2D eigenvalue weighted by molar-refractivity contribution is 0.395. The monoisotopic (exact) mass is 229 g/mol. The fraction of sp³-hybridized carbons (Fsp3) is 0.778. The zero-order valence-electron chi connectivity index (χ0n) is 9.69. The Balaban J connectivity index is 2.90. The maximum atomic E-state index is 5.94. The molecule has 1 heterocycles. The van der Waals surface area contributed by atoms with Crippen molar-refractivity contribution in [3.63, 3.8) is 0 Å². The summed E-state index contributed by atoms with van der Waals surface area (Å²) < 4.78 is 0. The van der Waals surface area contributed by atoms with Crippen LogP contribution in [0.25, 0.3) is 0 Å². The van der Waals surface area contributed by atoms with E-state index in [0.29, 0.717) is 11.9 Å². The number of hydrazine groups is 1. The van der Waals surface area contributed by atoms with Gasteiger partial charge in [-0.1, -0.05) is 13.8 Å². The van der Waals surface area contributed by atoms with Crippen molar-refractivity contribution in [3.05, 3.63) is 0 Å². The average Bonchev–Trinajstić information content (AvgIpc) is 2.20. The van der Waals surface area contributed by atoms with Gasteiger partial charge in [-0.15, -0.1) is 11.8 Å². The van der Waals surface area contributed by atoms with Gasteiger partial charge in [0.1, 0.15) is 5.84 Å². The first kappa shape index (κ1) is 12.3. The summed E-state index contributed by atoms with van der Waals surface area (Å²) in [6.07, 6.45) is 1.99. The molecule has 6 heteroatoms. The maximum Gasteiger partial charge on any atom is 0.222 e. The van der Waals surface area contributed by atoms with E-state index in [1.165, 1.54) is 0 Å². The van der Waals surface area contributed by atoms with Crippen molar-refractivity contribution < 1.29 is 0 Å². The molecule has 1 atom stereocenters. The van der Waals surface area contributed by atoms with Gasteiger partial charge in [0.25, 0.3) is 0 Å². The molecule has 15 heavy (non-hydrogen) atoms. The van der Waals surface area contributed by atoms with Gasteiger partial charge in [-0.3, -0.25) is 5.01 Å². The molecule has 3 N–H and O–H groups in total. The van der Waals surface area contributed by atoms with Crippen LogP contribution in [0.2, 0.25) is 0 Å². The molecule has 0 saturated heterocycles. The molecule has 0 bridgehead atoms. The second-order valence-corrected chi connectivity index (χ2v) is 4.47. The third kappa shape index (κ3) is 2.85. The maximum absolute atomic E-state index is 5.94. The number of aliphatic imine (C=N–C) groups is 2. The van der Waals surface area contributed by atoms with Gasteiger partial charge in [0.05, 0.1) is 0 Å². The minimum absolute atomic E-state index is 0.0750. The second kappa shape index (κ2) is 5.37. The second-order valence-electron chi connectivity index (χ2n) is 3.58. The van der Waals surface area contributed by atoms with Crippen LogP contribution in [0, 0.1) is 5.92 Å². The Morgan fingerprint density at radius 3 is 2.73 bits per heavy atom. The van der Waals surface area contributed by atoms with Crippen molar-refractivity contribution in [2.75, 3.05) is 12.8 Å². The zero-order chi connectivity index (χ0) is 11.4. The molecular weight excluding hydrogens is 210 g/mol. The van der Waals surface area contributed by atoms with E-state index in [4.69, 9.17) is 5.84 Å². The lowest BCUT2D eigenvalue weighted by Gasteiger charge is -2.31. The van der Waals surface area contributed by atoms with Crippen molar-refractivity contribution in [1.29, 1.82) is 0 Å². The van der Waals surface area contributed by atoms with Crippen LogP contribution in [-0.4, -0.2) is 35.1 Å². The summed E-state index contributed by atoms with van der Waals surface area (Å²) in [7, 11) is 0. The predicted octanol–water partition coefficient (Wildman–Crippen LogP) is 0.842. The smallest absolute Gasteiger partial charge is 0.222 e. The highest BCUT2D eigenvalue weighted by Gasteiger charge is 2.24. The molecule has 0 aromatic carbocycles. The summed E-state index contributed by atoms with van der Waals surface area (Å²) in [5.41, 5.74) is -0.0750. The van der Waals surface area contributed by atoms with Crippen LogP contribution < -0.4 is 11.2 Å². The lowest BCUT2D eigenvalue weighted by atomic mass is 10.2. The number of thioether (sulfide) groups is 1. The van der Waals surface area contributed by atoms with Gasteiger partial charge in [0, 0.05) is 12.5 Å². The summed E-state index contributed by atoms with van der Waals surface area (Å²) in [5.74, 6) is 7.80. The third-order valence-corrected chi connectivity index (χ3v) is 2.77. The van der Waals surface area contributed by atoms with Crippen LogP contribution in [-0.2, 0) is 0 Å². The minimum Gasteiger partial charge on any atom is -0.355 e. The first-order valence-electron chi connectivity index (χ1n) is 5.07. The molecule has 0 aromatic heterocycles. The molecule has 0 spiro atoms. The van der Waals surface area contributed by atoms with E-state index < -0.39 is 0 Å². The van der Waals surface area contributed by atoms with Crippen LogP contribution in [0.1, 0.15) is 20.8 Å². The summed E-state index contributed by atoms with van der Waals surface area (Å²) in [4.78, 5) is 8.78. The number of nitrogens with zero attached hydrogens (tertiary/aromatic N) is 3. The Labute approximate surface area is 95.2 Å². The molecule has 1 rings (SSSR count). The van der Waals surface area contributed by atoms with Gasteiger partial charge in [-0.2, -0.15) is 4.99 Å². The summed E-state index contributed by atoms with van der Waals surface area (Å²) in [6, 6.07) is 0. The molecular formula is C9H19N5S. The zero-order valence-corrected chi connectivity index (χ0v) is 10.5. The fourth-order valence-electron chi connectivity index (χ4n) is 1.31. The van der Waals surface area contributed by atoms with Gasteiger partial charge >= 0.3 is 0 Å². The SMILES string of the molecule is CCNC1=NC(SC)N(N)C(C(C)C)=N1. The van der Waals surface area contributed by atoms with Crippen LogP contribution in [0.4, 0.5) is 0 Å². The molecule has 1 unspecified atom stereocenters. The first-order chi connectivity index (χ1) is 7.10. The molecule has 5 nitrogen and oxygen atoms in total. The van der Waals surface area contributed by atoms with E-state index in [2.05, 4.69) is 29.1 Å². The van der Waals surface area contributed by atoms with Gasteiger partial charge in [-0.25, -0.2) is 10.8 Å². The average molecular weight is 229 g/mol. The number of nitrogens with one attached hydrogen (secondary N) is 1. The van der Waals surface area contributed by atoms with Crippen molar-refractivity contribution in [3.8, 4) is 0 Å². The molecule has 0 amide bonds. The topological polar surface area (TPSA) is 66.0 Å². The number of hydrogen-bond acceptors (Lipinski definition) is 6. The highest BCUT2D eigenvalue weighted by atomic mass is 32.2. The Kier molecular flexibility index (Phi) is 4.41. The molecule has 0 aromatic rings. The minimum atomic E-state index is -0.0750. The van der Waals surface area contributed by atoms with E-state index in [0.717, 1.165) is 12.4 Å². The van der Waals surface area contributed by atoms with Gasteiger partial charge in [0.15, 0.2) is 5.50 Å². The Morgan fingerprint density at radius 1 is 1.60 bits per heavy atom. The number of hydrogen-bond donors (Lipinski definition) is 2. The van der Waals surface area contributed by atoms with Crippen LogP contribution in [0.15, 0.2) is 9.98 Å². The third-order valence-electron chi connectivity index (χ3n) is 2.02. The standard InChI is InChI=1S/C9H19N5S/c1-5-11-8-12-7(6(2)3)14(10)9(13-8)15-4/h6,9H,5,10H2,1-4H3,(H,11,13). The first-order valence-corrected chi connectivity index (χ1v) is 6.35. The van der Waals surface area contributed by atoms with Crippen molar-refractivity contribution in [2.24, 2.45) is 21.7 Å². The largest absolute Gasteiger partial charge is 0.355 e. The normalized spacial score (nSPS) is 21.5. The molecule has 0 fully saturated rings. The number of guanidine groups is 1. The molecule has 0 saturated carbocycles. The van der Waals surface area contributed by atoms with Crippen molar-refractivity contribution in [2.45, 2.75) is 26.3 Å². The van der Waals surface area contributed by atoms with Crippen LogP contribution >= 0.6 is 11.8 Å². The van der Waals surface area contributed by atoms with Crippen molar-refractivity contribution in [1.82, 2.24) is 10.3 Å².